The van der Waals surface area contributed by atoms with Gasteiger partial charge in [0.2, 0.25) is 0 Å². The molecule has 1 aromatic rings. The Morgan fingerprint density at radius 2 is 0.703 bits per heavy atom. The van der Waals surface area contributed by atoms with Gasteiger partial charge in [0.15, 0.2) is 0 Å². The summed E-state index contributed by atoms with van der Waals surface area (Å²) in [5, 5.41) is 0. The van der Waals surface area contributed by atoms with Crippen molar-refractivity contribution >= 4 is 22.1 Å². The van der Waals surface area contributed by atoms with Crippen LogP contribution in [0.3, 0.4) is 0 Å². The Morgan fingerprint density at radius 1 is 0.422 bits per heavy atom. The number of unbranched alkanes of at least 4 members (excludes halogenated alkanes) is 36. The molecule has 0 bridgehead atoms. The maximum atomic E-state index is 13.1. The van der Waals surface area contributed by atoms with Gasteiger partial charge in [-0.05, 0) is 63.5 Å². The SMILES string of the molecule is CCCCCCCCCCCCCCCCCCC/C=C/CCCOC(=O)c1cccc(S(=O)(=O)O)c1C(=O)OCCC/C=C/CCCCCCCCCCCCCCCCCCC. The third kappa shape index (κ3) is 35.8. The molecule has 0 saturated carbocycles. The van der Waals surface area contributed by atoms with E-state index >= 15 is 0 Å². The zero-order valence-corrected chi connectivity index (χ0v) is 42.4. The fourth-order valence-electron chi connectivity index (χ4n) is 8.45. The van der Waals surface area contributed by atoms with Gasteiger partial charge in [-0.2, -0.15) is 8.42 Å². The third-order valence-electron chi connectivity index (χ3n) is 12.5. The maximum Gasteiger partial charge on any atom is 0.340 e. The van der Waals surface area contributed by atoms with Gasteiger partial charge in [0.1, 0.15) is 4.90 Å². The quantitative estimate of drug-likeness (QED) is 0.0300. The topological polar surface area (TPSA) is 107 Å². The molecular formula is C56H98O7S. The van der Waals surface area contributed by atoms with Gasteiger partial charge in [-0.3, -0.25) is 4.55 Å². The smallest absolute Gasteiger partial charge is 0.340 e. The van der Waals surface area contributed by atoms with Crippen LogP contribution < -0.4 is 0 Å². The molecule has 7 nitrogen and oxygen atoms in total. The summed E-state index contributed by atoms with van der Waals surface area (Å²) in [6, 6.07) is 3.73. The molecule has 0 aromatic heterocycles. The molecule has 0 radical (unpaired) electrons. The summed E-state index contributed by atoms with van der Waals surface area (Å²) < 4.78 is 45.0. The highest BCUT2D eigenvalue weighted by Crippen LogP contribution is 2.23. The Bertz CT molecular complexity index is 1400. The van der Waals surface area contributed by atoms with E-state index in [1.165, 1.54) is 230 Å². The molecule has 0 heterocycles. The average molecular weight is 915 g/mol. The largest absolute Gasteiger partial charge is 0.462 e. The van der Waals surface area contributed by atoms with E-state index in [4.69, 9.17) is 9.47 Å². The number of hydrogen-bond donors (Lipinski definition) is 1. The minimum absolute atomic E-state index is 0.0579. The van der Waals surface area contributed by atoms with Crippen LogP contribution >= 0.6 is 0 Å². The molecule has 0 saturated heterocycles. The molecular weight excluding hydrogens is 817 g/mol. The fraction of sp³-hybridized carbons (Fsp3) is 0.786. The standard InChI is InChI=1S/C56H98O7S/c1-3-5-7-9-11-13-15-17-19-21-23-25-27-29-31-33-35-37-39-41-43-45-50-62-55(57)52-48-47-49-53(64(59,60)61)54(52)56(58)63-51-46-44-42-40-38-36-34-32-30-28-26-24-22-20-18-16-14-12-10-8-6-4-2/h39-42,47-49H,3-38,43-46,50-51H2,1-2H3,(H,59,60,61)/b41-39+,42-40+. The van der Waals surface area contributed by atoms with Crippen molar-refractivity contribution in [3.05, 3.63) is 53.6 Å². The molecule has 64 heavy (non-hydrogen) atoms. The molecule has 1 rings (SSSR count). The van der Waals surface area contributed by atoms with Crippen molar-refractivity contribution in [1.82, 2.24) is 0 Å². The van der Waals surface area contributed by atoms with E-state index in [0.717, 1.165) is 31.7 Å². The number of ether oxygens (including phenoxy) is 2. The van der Waals surface area contributed by atoms with Gasteiger partial charge in [-0.15, -0.1) is 0 Å². The van der Waals surface area contributed by atoms with Gasteiger partial charge in [-0.25, -0.2) is 9.59 Å². The lowest BCUT2D eigenvalue weighted by atomic mass is 10.0. The van der Waals surface area contributed by atoms with Crippen LogP contribution in [-0.2, 0) is 19.6 Å². The zero-order valence-electron chi connectivity index (χ0n) is 41.5. The number of hydrogen-bond acceptors (Lipinski definition) is 6. The molecule has 0 amide bonds. The number of rotatable bonds is 47. The van der Waals surface area contributed by atoms with E-state index in [-0.39, 0.29) is 18.8 Å². The van der Waals surface area contributed by atoms with E-state index in [1.54, 1.807) is 0 Å². The third-order valence-corrected chi connectivity index (χ3v) is 13.4. The molecule has 8 heteroatoms. The Labute approximate surface area is 394 Å². The van der Waals surface area contributed by atoms with Crippen LogP contribution in [0.4, 0.5) is 0 Å². The van der Waals surface area contributed by atoms with Crippen molar-refractivity contribution in [2.45, 2.75) is 276 Å². The molecule has 0 spiro atoms. The van der Waals surface area contributed by atoms with Crippen molar-refractivity contribution in [3.63, 3.8) is 0 Å². The summed E-state index contributed by atoms with van der Waals surface area (Å²) in [4.78, 5) is 25.4. The number of allylic oxidation sites excluding steroid dienone is 4. The number of benzene rings is 1. The van der Waals surface area contributed by atoms with Gasteiger partial charge >= 0.3 is 11.9 Å². The van der Waals surface area contributed by atoms with Gasteiger partial charge in [-0.1, -0.05) is 250 Å². The molecule has 0 atom stereocenters. The molecule has 0 aliphatic rings. The monoisotopic (exact) mass is 915 g/mol. The highest BCUT2D eigenvalue weighted by molar-refractivity contribution is 7.86. The van der Waals surface area contributed by atoms with Gasteiger partial charge in [0.05, 0.1) is 24.3 Å². The van der Waals surface area contributed by atoms with Crippen molar-refractivity contribution < 1.29 is 32.0 Å². The van der Waals surface area contributed by atoms with Gasteiger partial charge in [0.25, 0.3) is 10.1 Å². The zero-order chi connectivity index (χ0) is 46.4. The summed E-state index contributed by atoms with van der Waals surface area (Å²) in [6.07, 6.45) is 59.7. The lowest BCUT2D eigenvalue weighted by Crippen LogP contribution is -2.19. The Morgan fingerprint density at radius 3 is 1.02 bits per heavy atom. The second-order valence-electron chi connectivity index (χ2n) is 18.5. The van der Waals surface area contributed by atoms with Crippen molar-refractivity contribution in [2.75, 3.05) is 13.2 Å². The van der Waals surface area contributed by atoms with Crippen LogP contribution in [-0.4, -0.2) is 38.1 Å². The normalized spacial score (nSPS) is 11.9. The molecule has 0 aliphatic heterocycles. The average Bonchev–Trinajstić information content (AvgIpc) is 3.28. The summed E-state index contributed by atoms with van der Waals surface area (Å²) in [5.41, 5.74) is -0.721. The minimum atomic E-state index is -4.79. The first-order valence-electron chi connectivity index (χ1n) is 27.1. The highest BCUT2D eigenvalue weighted by atomic mass is 32.2. The Kier molecular flexibility index (Phi) is 41.3. The van der Waals surface area contributed by atoms with E-state index in [9.17, 15) is 22.6 Å². The second kappa shape index (κ2) is 44.4. The predicted octanol–water partition coefficient (Wildman–Crippen LogP) is 18.0. The molecule has 0 unspecified atom stereocenters. The highest BCUT2D eigenvalue weighted by Gasteiger charge is 2.28. The summed E-state index contributed by atoms with van der Waals surface area (Å²) in [6.45, 7) is 4.74. The lowest BCUT2D eigenvalue weighted by molar-refractivity contribution is 0.0450. The minimum Gasteiger partial charge on any atom is -0.462 e. The van der Waals surface area contributed by atoms with Crippen LogP contribution in [0.25, 0.3) is 0 Å². The van der Waals surface area contributed by atoms with Crippen LogP contribution in [0.15, 0.2) is 47.4 Å². The summed E-state index contributed by atoms with van der Waals surface area (Å²) in [5.74, 6) is -1.79. The van der Waals surface area contributed by atoms with Crippen molar-refractivity contribution in [2.24, 2.45) is 0 Å². The molecule has 0 aliphatic carbocycles. The maximum absolute atomic E-state index is 13.1. The lowest BCUT2D eigenvalue weighted by Gasteiger charge is -2.12. The van der Waals surface area contributed by atoms with E-state index in [2.05, 4.69) is 38.2 Å². The number of esters is 2. The summed E-state index contributed by atoms with van der Waals surface area (Å²) >= 11 is 0. The first-order chi connectivity index (χ1) is 31.3. The Hall–Kier alpha value is -2.45. The van der Waals surface area contributed by atoms with Crippen LogP contribution in [0.1, 0.15) is 291 Å². The summed E-state index contributed by atoms with van der Waals surface area (Å²) in [7, 11) is -4.79. The van der Waals surface area contributed by atoms with Gasteiger partial charge in [0, 0.05) is 0 Å². The van der Waals surface area contributed by atoms with Crippen molar-refractivity contribution in [1.29, 1.82) is 0 Å². The molecule has 0 fully saturated rings. The van der Waals surface area contributed by atoms with E-state index in [0.29, 0.717) is 12.8 Å². The van der Waals surface area contributed by atoms with Crippen LogP contribution in [0, 0.1) is 0 Å². The number of carbonyl (C=O) groups is 2. The second-order valence-corrected chi connectivity index (χ2v) is 19.9. The molecule has 370 valence electrons. The number of carbonyl (C=O) groups excluding carboxylic acids is 2. The first-order valence-corrected chi connectivity index (χ1v) is 28.5. The van der Waals surface area contributed by atoms with E-state index in [1.807, 2.05) is 0 Å². The fourth-order valence-corrected chi connectivity index (χ4v) is 9.16. The van der Waals surface area contributed by atoms with Crippen molar-refractivity contribution in [3.8, 4) is 0 Å². The molecule has 1 N–H and O–H groups in total. The van der Waals surface area contributed by atoms with Crippen LogP contribution in [0.5, 0.6) is 0 Å². The molecule has 1 aromatic carbocycles. The predicted molar refractivity (Wildman–Crippen MR) is 271 cm³/mol. The first kappa shape index (κ1) is 59.6. The van der Waals surface area contributed by atoms with Gasteiger partial charge < -0.3 is 9.47 Å². The Balaban J connectivity index is 2.15. The van der Waals surface area contributed by atoms with E-state index < -0.39 is 32.5 Å². The van der Waals surface area contributed by atoms with Crippen LogP contribution in [0.2, 0.25) is 0 Å².